The molecule has 0 spiro atoms. The van der Waals surface area contributed by atoms with Gasteiger partial charge in [-0.05, 0) is 37.1 Å². The van der Waals surface area contributed by atoms with Crippen LogP contribution >= 0.6 is 0 Å². The molecule has 5 rings (SSSR count). The summed E-state index contributed by atoms with van der Waals surface area (Å²) in [5.41, 5.74) is 6.99. The van der Waals surface area contributed by atoms with Crippen LogP contribution in [0.1, 0.15) is 30.0 Å². The molecule has 0 aliphatic heterocycles. The van der Waals surface area contributed by atoms with Gasteiger partial charge in [0.25, 0.3) is 5.56 Å². The topological polar surface area (TPSA) is 137 Å². The fraction of sp³-hybridized carbons (Fsp3) is 0.0800. The summed E-state index contributed by atoms with van der Waals surface area (Å²) in [4.78, 5) is 38.6. The van der Waals surface area contributed by atoms with Crippen molar-refractivity contribution in [2.75, 3.05) is 11.1 Å². The lowest BCUT2D eigenvalue weighted by atomic mass is 10.2. The van der Waals surface area contributed by atoms with Crippen molar-refractivity contribution in [2.45, 2.75) is 13.0 Å². The Bertz CT molecular complexity index is 1680. The van der Waals surface area contributed by atoms with Gasteiger partial charge in [-0.2, -0.15) is 0 Å². The van der Waals surface area contributed by atoms with Gasteiger partial charge in [-0.1, -0.05) is 12.0 Å². The van der Waals surface area contributed by atoms with Crippen LogP contribution in [0.2, 0.25) is 0 Å². The molecule has 0 aliphatic rings. The molecule has 3 N–H and O–H groups in total. The molecule has 0 amide bonds. The Hall–Kier alpha value is -5.24. The number of nitrogens with zero attached hydrogens (tertiary/aromatic N) is 7. The molecule has 176 valence electrons. The number of halogens is 1. The zero-order chi connectivity index (χ0) is 25.1. The number of nitrogens with one attached hydrogen (secondary N) is 1. The number of fused-ring (bicyclic) bond motifs is 1. The number of hydrogen-bond acceptors (Lipinski definition) is 9. The van der Waals surface area contributed by atoms with Crippen molar-refractivity contribution in [2.24, 2.45) is 0 Å². The number of benzene rings is 1. The van der Waals surface area contributed by atoms with Crippen LogP contribution < -0.4 is 16.6 Å². The van der Waals surface area contributed by atoms with Crippen molar-refractivity contribution < 1.29 is 4.39 Å². The van der Waals surface area contributed by atoms with Gasteiger partial charge in [0.2, 0.25) is 0 Å². The summed E-state index contributed by atoms with van der Waals surface area (Å²) in [5.74, 6) is 5.98. The lowest BCUT2D eigenvalue weighted by molar-refractivity contribution is 0.635. The van der Waals surface area contributed by atoms with Gasteiger partial charge in [0, 0.05) is 18.6 Å². The van der Waals surface area contributed by atoms with E-state index >= 15 is 0 Å². The van der Waals surface area contributed by atoms with E-state index in [0.29, 0.717) is 28.6 Å². The van der Waals surface area contributed by atoms with E-state index in [1.165, 1.54) is 41.6 Å². The van der Waals surface area contributed by atoms with Crippen LogP contribution in [-0.4, -0.2) is 34.5 Å². The Morgan fingerprint density at radius 1 is 1.03 bits per heavy atom. The first kappa shape index (κ1) is 22.5. The average Bonchev–Trinajstić information content (AvgIpc) is 2.89. The molecule has 0 aliphatic carbocycles. The molecule has 1 atom stereocenters. The molecule has 0 saturated heterocycles. The predicted molar refractivity (Wildman–Crippen MR) is 132 cm³/mol. The molecule has 1 aromatic carbocycles. The standard InChI is InChI=1S/C25H18FN9O/c1-15(33-23-18(22(27)31-14-32-23)8-7-16-12-29-10-11-30-16)24-34-20-6-2-5-19(26)21(20)25(36)35(24)17-4-3-9-28-13-17/h2-6,9-15H,1H3,(H3,27,31,32,33). The summed E-state index contributed by atoms with van der Waals surface area (Å²) in [6.07, 6.45) is 8.98. The van der Waals surface area contributed by atoms with Gasteiger partial charge in [-0.25, -0.2) is 24.3 Å². The molecule has 0 bridgehead atoms. The quantitative estimate of drug-likeness (QED) is 0.373. The number of aromatic nitrogens is 7. The predicted octanol–water partition coefficient (Wildman–Crippen LogP) is 2.65. The van der Waals surface area contributed by atoms with Gasteiger partial charge in [0.05, 0.1) is 29.6 Å². The second-order valence-corrected chi connectivity index (χ2v) is 7.64. The van der Waals surface area contributed by atoms with Gasteiger partial charge >= 0.3 is 0 Å². The number of anilines is 2. The maximum Gasteiger partial charge on any atom is 0.269 e. The fourth-order valence-electron chi connectivity index (χ4n) is 3.62. The number of nitrogens with two attached hydrogens (primary N) is 1. The zero-order valence-electron chi connectivity index (χ0n) is 18.9. The summed E-state index contributed by atoms with van der Waals surface area (Å²) in [6.45, 7) is 1.79. The average molecular weight is 479 g/mol. The highest BCUT2D eigenvalue weighted by molar-refractivity contribution is 5.78. The molecule has 0 saturated carbocycles. The van der Waals surface area contributed by atoms with Crippen molar-refractivity contribution in [1.29, 1.82) is 0 Å². The highest BCUT2D eigenvalue weighted by atomic mass is 19.1. The molecule has 0 fully saturated rings. The van der Waals surface area contributed by atoms with Crippen LogP contribution in [0.4, 0.5) is 16.0 Å². The van der Waals surface area contributed by atoms with Gasteiger partial charge in [0.1, 0.15) is 46.2 Å². The summed E-state index contributed by atoms with van der Waals surface area (Å²) < 4.78 is 15.9. The zero-order valence-corrected chi connectivity index (χ0v) is 18.9. The Labute approximate surface area is 204 Å². The molecule has 0 radical (unpaired) electrons. The molecule has 36 heavy (non-hydrogen) atoms. The number of pyridine rings is 1. The molecule has 11 heteroatoms. The van der Waals surface area contributed by atoms with Crippen molar-refractivity contribution in [3.05, 3.63) is 101 Å². The SMILES string of the molecule is CC(Nc1ncnc(N)c1C#Cc1cnccn1)c1nc2cccc(F)c2c(=O)n1-c1cccnc1. The fourth-order valence-corrected chi connectivity index (χ4v) is 3.62. The number of hydrogen-bond donors (Lipinski definition) is 2. The lowest BCUT2D eigenvalue weighted by Gasteiger charge is -2.20. The van der Waals surface area contributed by atoms with Crippen LogP contribution in [0.15, 0.2) is 72.4 Å². The molecular formula is C25H18FN9O. The monoisotopic (exact) mass is 479 g/mol. The minimum atomic E-state index is -0.653. The Balaban J connectivity index is 1.62. The van der Waals surface area contributed by atoms with Crippen molar-refractivity contribution in [1.82, 2.24) is 34.5 Å². The van der Waals surface area contributed by atoms with Crippen molar-refractivity contribution in [3.63, 3.8) is 0 Å². The molecule has 5 aromatic rings. The molecule has 1 unspecified atom stereocenters. The van der Waals surface area contributed by atoms with E-state index < -0.39 is 17.4 Å². The summed E-state index contributed by atoms with van der Waals surface area (Å²) in [7, 11) is 0. The van der Waals surface area contributed by atoms with Crippen LogP contribution in [0.3, 0.4) is 0 Å². The molecule has 4 heterocycles. The third kappa shape index (κ3) is 4.30. The first-order valence-corrected chi connectivity index (χ1v) is 10.8. The highest BCUT2D eigenvalue weighted by Gasteiger charge is 2.21. The normalized spacial score (nSPS) is 11.5. The van der Waals surface area contributed by atoms with Gasteiger partial charge in [-0.3, -0.25) is 19.3 Å². The second kappa shape index (κ2) is 9.55. The maximum absolute atomic E-state index is 14.6. The van der Waals surface area contributed by atoms with Crippen LogP contribution in [0.25, 0.3) is 16.6 Å². The third-order valence-electron chi connectivity index (χ3n) is 5.27. The smallest absolute Gasteiger partial charge is 0.269 e. The lowest BCUT2D eigenvalue weighted by Crippen LogP contribution is -2.28. The molecule has 4 aromatic heterocycles. The van der Waals surface area contributed by atoms with E-state index in [9.17, 15) is 9.18 Å². The number of rotatable bonds is 4. The van der Waals surface area contributed by atoms with Crippen LogP contribution in [-0.2, 0) is 0 Å². The van der Waals surface area contributed by atoms with Gasteiger partial charge < -0.3 is 11.1 Å². The minimum absolute atomic E-state index is 0.112. The molecule has 10 nitrogen and oxygen atoms in total. The Morgan fingerprint density at radius 2 is 1.89 bits per heavy atom. The van der Waals surface area contributed by atoms with Crippen LogP contribution in [0.5, 0.6) is 0 Å². The summed E-state index contributed by atoms with van der Waals surface area (Å²) in [5, 5.41) is 3.10. The summed E-state index contributed by atoms with van der Waals surface area (Å²) >= 11 is 0. The van der Waals surface area contributed by atoms with E-state index in [1.54, 1.807) is 37.5 Å². The van der Waals surface area contributed by atoms with Crippen molar-refractivity contribution in [3.8, 4) is 17.5 Å². The van der Waals surface area contributed by atoms with E-state index in [0.717, 1.165) is 0 Å². The Morgan fingerprint density at radius 3 is 2.67 bits per heavy atom. The van der Waals surface area contributed by atoms with E-state index in [2.05, 4.69) is 47.1 Å². The second-order valence-electron chi connectivity index (χ2n) is 7.64. The van der Waals surface area contributed by atoms with E-state index in [4.69, 9.17) is 5.73 Å². The number of nitrogen functional groups attached to an aromatic ring is 1. The first-order chi connectivity index (χ1) is 17.5. The van der Waals surface area contributed by atoms with Crippen molar-refractivity contribution >= 4 is 22.5 Å². The molecular weight excluding hydrogens is 461 g/mol. The minimum Gasteiger partial charge on any atom is -0.382 e. The summed E-state index contributed by atoms with van der Waals surface area (Å²) in [6, 6.07) is 7.11. The largest absolute Gasteiger partial charge is 0.382 e. The Kier molecular flexibility index (Phi) is 5.98. The van der Waals surface area contributed by atoms with Gasteiger partial charge in [0.15, 0.2) is 0 Å². The third-order valence-corrected chi connectivity index (χ3v) is 5.27. The van der Waals surface area contributed by atoms with E-state index in [-0.39, 0.29) is 16.7 Å². The van der Waals surface area contributed by atoms with Crippen LogP contribution in [0, 0.1) is 17.7 Å². The first-order valence-electron chi connectivity index (χ1n) is 10.8. The van der Waals surface area contributed by atoms with Gasteiger partial charge in [-0.15, -0.1) is 0 Å². The maximum atomic E-state index is 14.6. The van der Waals surface area contributed by atoms with E-state index in [1.807, 2.05) is 0 Å². The highest BCUT2D eigenvalue weighted by Crippen LogP contribution is 2.24.